The van der Waals surface area contributed by atoms with Gasteiger partial charge in [-0.25, -0.2) is 0 Å². The molecule has 116 valence electrons. The third-order valence-electron chi connectivity index (χ3n) is 4.89. The Hall–Kier alpha value is -1.06. The van der Waals surface area contributed by atoms with E-state index in [0.717, 1.165) is 24.4 Å². The number of aliphatic hydroxyl groups excluding tert-OH is 1. The molecule has 0 aromatic heterocycles. The third-order valence-corrected chi connectivity index (χ3v) is 4.89. The lowest BCUT2D eigenvalue weighted by molar-refractivity contribution is 0.00433. The van der Waals surface area contributed by atoms with E-state index in [4.69, 9.17) is 4.74 Å². The van der Waals surface area contributed by atoms with Crippen LogP contribution in [0.5, 0.6) is 5.75 Å². The van der Waals surface area contributed by atoms with Crippen molar-refractivity contribution in [2.24, 2.45) is 0 Å². The second-order valence-electron chi connectivity index (χ2n) is 6.69. The quantitative estimate of drug-likeness (QED) is 0.904. The highest BCUT2D eigenvalue weighted by Gasteiger charge is 2.35. The van der Waals surface area contributed by atoms with Gasteiger partial charge in [0.15, 0.2) is 0 Å². The maximum atomic E-state index is 10.8. The number of rotatable bonds is 2. The summed E-state index contributed by atoms with van der Waals surface area (Å²) in [5.74, 6) is 1.34. The van der Waals surface area contributed by atoms with Crippen LogP contribution in [0.2, 0.25) is 0 Å². The lowest BCUT2D eigenvalue weighted by Crippen LogP contribution is -2.46. The summed E-state index contributed by atoms with van der Waals surface area (Å²) in [5, 5.41) is 10.8. The summed E-state index contributed by atoms with van der Waals surface area (Å²) in [7, 11) is 0. The van der Waals surface area contributed by atoms with Crippen molar-refractivity contribution >= 4 is 0 Å². The molecule has 0 amide bonds. The highest BCUT2D eigenvalue weighted by molar-refractivity contribution is 5.46. The lowest BCUT2D eigenvalue weighted by Gasteiger charge is -2.38. The van der Waals surface area contributed by atoms with Crippen LogP contribution in [-0.4, -0.2) is 35.7 Å². The SMILES string of the molecule is CC(C)c1cccc2c1OCC(N1CCCCCC1)C2O. The molecule has 1 saturated heterocycles. The van der Waals surface area contributed by atoms with Crippen LogP contribution in [0.3, 0.4) is 0 Å². The first-order valence-corrected chi connectivity index (χ1v) is 8.36. The molecule has 2 heterocycles. The molecule has 2 atom stereocenters. The Morgan fingerprint density at radius 3 is 2.52 bits per heavy atom. The van der Waals surface area contributed by atoms with Gasteiger partial charge in [-0.1, -0.05) is 44.9 Å². The summed E-state index contributed by atoms with van der Waals surface area (Å²) in [6.07, 6.45) is 4.68. The van der Waals surface area contributed by atoms with Crippen molar-refractivity contribution in [3.05, 3.63) is 29.3 Å². The van der Waals surface area contributed by atoms with Crippen LogP contribution in [-0.2, 0) is 0 Å². The van der Waals surface area contributed by atoms with Gasteiger partial charge in [0.25, 0.3) is 0 Å². The number of hydrogen-bond donors (Lipinski definition) is 1. The van der Waals surface area contributed by atoms with Crippen LogP contribution >= 0.6 is 0 Å². The molecule has 1 aromatic rings. The molecule has 2 aliphatic heterocycles. The topological polar surface area (TPSA) is 32.7 Å². The zero-order chi connectivity index (χ0) is 14.8. The number of para-hydroxylation sites is 1. The minimum Gasteiger partial charge on any atom is -0.491 e. The van der Waals surface area contributed by atoms with Crippen LogP contribution in [0.1, 0.15) is 62.7 Å². The fourth-order valence-corrected chi connectivity index (χ4v) is 3.63. The smallest absolute Gasteiger partial charge is 0.128 e. The van der Waals surface area contributed by atoms with Gasteiger partial charge in [-0.3, -0.25) is 4.90 Å². The Balaban J connectivity index is 1.85. The molecule has 0 aliphatic carbocycles. The van der Waals surface area contributed by atoms with Gasteiger partial charge in [-0.05, 0) is 37.4 Å². The predicted molar refractivity (Wildman–Crippen MR) is 84.8 cm³/mol. The number of benzene rings is 1. The van der Waals surface area contributed by atoms with Gasteiger partial charge in [0.05, 0.1) is 6.04 Å². The van der Waals surface area contributed by atoms with Gasteiger partial charge in [0.1, 0.15) is 18.5 Å². The number of likely N-dealkylation sites (tertiary alicyclic amines) is 1. The summed E-state index contributed by atoms with van der Waals surface area (Å²) in [6.45, 7) is 7.13. The summed E-state index contributed by atoms with van der Waals surface area (Å²) in [6, 6.07) is 6.29. The standard InChI is InChI=1S/C18H27NO2/c1-13(2)14-8-7-9-15-17(20)16(12-21-18(14)15)19-10-5-3-4-6-11-19/h7-9,13,16-17,20H,3-6,10-12H2,1-2H3. The van der Waals surface area contributed by atoms with Crippen molar-refractivity contribution in [2.45, 2.75) is 57.6 Å². The van der Waals surface area contributed by atoms with Crippen molar-refractivity contribution in [3.8, 4) is 5.75 Å². The molecule has 0 radical (unpaired) electrons. The number of fused-ring (bicyclic) bond motifs is 1. The van der Waals surface area contributed by atoms with E-state index >= 15 is 0 Å². The van der Waals surface area contributed by atoms with Gasteiger partial charge < -0.3 is 9.84 Å². The molecule has 3 rings (SSSR count). The summed E-state index contributed by atoms with van der Waals surface area (Å²) < 4.78 is 6.09. The number of nitrogens with zero attached hydrogens (tertiary/aromatic N) is 1. The fourth-order valence-electron chi connectivity index (χ4n) is 3.63. The molecule has 1 aromatic carbocycles. The van der Waals surface area contributed by atoms with Crippen LogP contribution in [0.15, 0.2) is 18.2 Å². The predicted octanol–water partition coefficient (Wildman–Crippen LogP) is 3.48. The Morgan fingerprint density at radius 1 is 1.14 bits per heavy atom. The third kappa shape index (κ3) is 2.95. The maximum Gasteiger partial charge on any atom is 0.128 e. The van der Waals surface area contributed by atoms with E-state index in [0.29, 0.717) is 12.5 Å². The largest absolute Gasteiger partial charge is 0.491 e. The van der Waals surface area contributed by atoms with Crippen molar-refractivity contribution in [1.82, 2.24) is 4.90 Å². The zero-order valence-corrected chi connectivity index (χ0v) is 13.2. The molecule has 21 heavy (non-hydrogen) atoms. The normalized spacial score (nSPS) is 27.0. The van der Waals surface area contributed by atoms with Crippen LogP contribution in [0.25, 0.3) is 0 Å². The number of aliphatic hydroxyl groups is 1. The average molecular weight is 289 g/mol. The minimum absolute atomic E-state index is 0.109. The van der Waals surface area contributed by atoms with Gasteiger partial charge in [-0.15, -0.1) is 0 Å². The Morgan fingerprint density at radius 2 is 1.86 bits per heavy atom. The second-order valence-corrected chi connectivity index (χ2v) is 6.69. The second kappa shape index (κ2) is 6.37. The monoisotopic (exact) mass is 289 g/mol. The van der Waals surface area contributed by atoms with E-state index in [1.165, 1.54) is 31.2 Å². The van der Waals surface area contributed by atoms with E-state index in [1.807, 2.05) is 12.1 Å². The van der Waals surface area contributed by atoms with Crippen molar-refractivity contribution in [2.75, 3.05) is 19.7 Å². The van der Waals surface area contributed by atoms with Crippen molar-refractivity contribution in [1.29, 1.82) is 0 Å². The summed E-state index contributed by atoms with van der Waals surface area (Å²) in [4.78, 5) is 2.43. The lowest BCUT2D eigenvalue weighted by atomic mass is 9.92. The first kappa shape index (κ1) is 14.9. The van der Waals surface area contributed by atoms with E-state index in [9.17, 15) is 5.11 Å². The molecule has 0 spiro atoms. The molecular weight excluding hydrogens is 262 g/mol. The molecule has 2 unspecified atom stereocenters. The van der Waals surface area contributed by atoms with E-state index in [2.05, 4.69) is 24.8 Å². The summed E-state index contributed by atoms with van der Waals surface area (Å²) >= 11 is 0. The van der Waals surface area contributed by atoms with E-state index in [-0.39, 0.29) is 6.04 Å². The molecule has 3 nitrogen and oxygen atoms in total. The van der Waals surface area contributed by atoms with Gasteiger partial charge >= 0.3 is 0 Å². The Bertz CT molecular complexity index is 478. The average Bonchev–Trinajstić information content (AvgIpc) is 2.76. The molecule has 0 saturated carbocycles. The van der Waals surface area contributed by atoms with E-state index in [1.54, 1.807) is 0 Å². The van der Waals surface area contributed by atoms with Crippen LogP contribution < -0.4 is 4.74 Å². The zero-order valence-electron chi connectivity index (χ0n) is 13.2. The molecule has 3 heteroatoms. The first-order valence-electron chi connectivity index (χ1n) is 8.36. The van der Waals surface area contributed by atoms with Crippen LogP contribution in [0, 0.1) is 0 Å². The molecule has 0 bridgehead atoms. The first-order chi connectivity index (χ1) is 10.2. The number of hydrogen-bond acceptors (Lipinski definition) is 3. The van der Waals surface area contributed by atoms with Crippen LogP contribution in [0.4, 0.5) is 0 Å². The highest BCUT2D eigenvalue weighted by Crippen LogP contribution is 2.39. The Labute approximate surface area is 127 Å². The fraction of sp³-hybridized carbons (Fsp3) is 0.667. The van der Waals surface area contributed by atoms with Gasteiger partial charge in [0.2, 0.25) is 0 Å². The highest BCUT2D eigenvalue weighted by atomic mass is 16.5. The number of ether oxygens (including phenoxy) is 1. The van der Waals surface area contributed by atoms with E-state index < -0.39 is 6.10 Å². The van der Waals surface area contributed by atoms with Crippen molar-refractivity contribution in [3.63, 3.8) is 0 Å². The van der Waals surface area contributed by atoms with Gasteiger partial charge in [0, 0.05) is 5.56 Å². The molecule has 1 N–H and O–H groups in total. The van der Waals surface area contributed by atoms with Gasteiger partial charge in [-0.2, -0.15) is 0 Å². The molecule has 2 aliphatic rings. The Kier molecular flexibility index (Phi) is 4.51. The van der Waals surface area contributed by atoms with Crippen molar-refractivity contribution < 1.29 is 9.84 Å². The summed E-state index contributed by atoms with van der Waals surface area (Å²) in [5.41, 5.74) is 2.18. The minimum atomic E-state index is -0.425. The molecular formula is C18H27NO2. The maximum absolute atomic E-state index is 10.8. The molecule has 1 fully saturated rings.